The summed E-state index contributed by atoms with van der Waals surface area (Å²) in [5.74, 6) is 0.631. The smallest absolute Gasteiger partial charge is 0.317 e. The molecule has 0 bridgehead atoms. The Labute approximate surface area is 121 Å². The van der Waals surface area contributed by atoms with Crippen molar-refractivity contribution < 1.29 is 14.3 Å². The molecule has 2 rings (SSSR count). The molecule has 1 aliphatic carbocycles. The molecule has 1 fully saturated rings. The van der Waals surface area contributed by atoms with Crippen molar-refractivity contribution in [1.82, 2.24) is 9.97 Å². The average Bonchev–Trinajstić information content (AvgIpc) is 3.18. The van der Waals surface area contributed by atoms with E-state index >= 15 is 0 Å². The number of carbonyl (C=O) groups is 1. The maximum Gasteiger partial charge on any atom is 0.317 e. The van der Waals surface area contributed by atoms with E-state index in [-0.39, 0.29) is 11.4 Å². The maximum absolute atomic E-state index is 11.3. The lowest BCUT2D eigenvalue weighted by Gasteiger charge is -2.13. The van der Waals surface area contributed by atoms with E-state index in [1.165, 1.54) is 32.2 Å². The molecule has 5 nitrogen and oxygen atoms in total. The third-order valence-electron chi connectivity index (χ3n) is 3.09. The number of methoxy groups -OCH3 is 2. The molecular formula is C12H15ClN2O3S. The molecule has 0 amide bonds. The van der Waals surface area contributed by atoms with E-state index in [2.05, 4.69) is 9.97 Å². The minimum atomic E-state index is -0.163. The predicted octanol–water partition coefficient (Wildman–Crippen LogP) is 2.57. The van der Waals surface area contributed by atoms with Crippen LogP contribution >= 0.6 is 23.4 Å². The van der Waals surface area contributed by atoms with Gasteiger partial charge in [-0.15, -0.1) is 11.8 Å². The number of hydrogen-bond donors (Lipinski definition) is 0. The minimum Gasteiger partial charge on any atom is -0.469 e. The molecule has 0 aliphatic heterocycles. The highest BCUT2D eigenvalue weighted by molar-refractivity contribution is 7.99. The summed E-state index contributed by atoms with van der Waals surface area (Å²) >= 11 is 7.57. The minimum absolute atomic E-state index is 0.0409. The van der Waals surface area contributed by atoms with E-state index in [4.69, 9.17) is 21.1 Å². The van der Waals surface area contributed by atoms with E-state index in [0.717, 1.165) is 18.6 Å². The van der Waals surface area contributed by atoms with Gasteiger partial charge < -0.3 is 9.47 Å². The first-order valence-corrected chi connectivity index (χ1v) is 7.21. The molecule has 0 atom stereocenters. The fraction of sp³-hybridized carbons (Fsp3) is 0.583. The molecule has 0 saturated heterocycles. The molecule has 0 spiro atoms. The average molecular weight is 303 g/mol. The van der Waals surface area contributed by atoms with E-state index in [0.29, 0.717) is 22.5 Å². The van der Waals surface area contributed by atoms with Gasteiger partial charge in [0.05, 0.1) is 31.9 Å². The molecule has 104 valence electrons. The third-order valence-corrected chi connectivity index (χ3v) is 4.82. The second kappa shape index (κ2) is 5.96. The summed E-state index contributed by atoms with van der Waals surface area (Å²) in [6, 6.07) is 0.296. The molecule has 1 aromatic rings. The number of carbonyl (C=O) groups excluding carboxylic acids is 1. The highest BCUT2D eigenvalue weighted by Gasteiger charge is 2.44. The van der Waals surface area contributed by atoms with Crippen LogP contribution in [0.2, 0.25) is 5.02 Å². The molecule has 0 unspecified atom stereocenters. The van der Waals surface area contributed by atoms with Crippen molar-refractivity contribution in [3.63, 3.8) is 0 Å². The van der Waals surface area contributed by atoms with Crippen molar-refractivity contribution in [1.29, 1.82) is 0 Å². The summed E-state index contributed by atoms with van der Waals surface area (Å²) in [7, 11) is 2.93. The van der Waals surface area contributed by atoms with Crippen LogP contribution in [0, 0.1) is 5.41 Å². The quantitative estimate of drug-likeness (QED) is 0.457. The molecule has 0 N–H and O–H groups in total. The monoisotopic (exact) mass is 302 g/mol. The van der Waals surface area contributed by atoms with Crippen molar-refractivity contribution in [3.05, 3.63) is 11.2 Å². The van der Waals surface area contributed by atoms with Gasteiger partial charge in [-0.25, -0.2) is 4.98 Å². The molecule has 1 aromatic heterocycles. The topological polar surface area (TPSA) is 61.3 Å². The van der Waals surface area contributed by atoms with Crippen LogP contribution in [0.3, 0.4) is 0 Å². The summed E-state index contributed by atoms with van der Waals surface area (Å²) in [5, 5.41) is 1.18. The zero-order valence-electron chi connectivity index (χ0n) is 10.8. The number of nitrogens with zero attached hydrogens (tertiary/aromatic N) is 2. The van der Waals surface area contributed by atoms with Gasteiger partial charge in [-0.05, 0) is 18.3 Å². The lowest BCUT2D eigenvalue weighted by Crippen LogP contribution is -2.13. The number of halogens is 1. The number of esters is 1. The van der Waals surface area contributed by atoms with Crippen molar-refractivity contribution in [3.8, 4) is 6.01 Å². The Morgan fingerprint density at radius 2 is 2.26 bits per heavy atom. The first-order valence-electron chi connectivity index (χ1n) is 5.85. The van der Waals surface area contributed by atoms with Crippen molar-refractivity contribution in [2.45, 2.75) is 24.3 Å². The number of rotatable bonds is 6. The van der Waals surface area contributed by atoms with Gasteiger partial charge in [-0.1, -0.05) is 11.6 Å². The van der Waals surface area contributed by atoms with Crippen LogP contribution in [0.4, 0.5) is 0 Å². The first kappa shape index (κ1) is 14.4. The lowest BCUT2D eigenvalue weighted by atomic mass is 10.1. The van der Waals surface area contributed by atoms with E-state index in [9.17, 15) is 4.79 Å². The summed E-state index contributed by atoms with van der Waals surface area (Å²) < 4.78 is 9.69. The third kappa shape index (κ3) is 3.73. The van der Waals surface area contributed by atoms with Crippen molar-refractivity contribution in [2.75, 3.05) is 20.0 Å². The number of hydrogen-bond acceptors (Lipinski definition) is 6. The zero-order valence-corrected chi connectivity index (χ0v) is 12.4. The van der Waals surface area contributed by atoms with Crippen LogP contribution in [0.15, 0.2) is 11.2 Å². The summed E-state index contributed by atoms with van der Waals surface area (Å²) in [4.78, 5) is 19.5. The number of ether oxygens (including phenoxy) is 2. The maximum atomic E-state index is 11.3. The summed E-state index contributed by atoms with van der Waals surface area (Å²) in [6.07, 6.45) is 4.05. The van der Waals surface area contributed by atoms with Crippen molar-refractivity contribution in [2.24, 2.45) is 5.41 Å². The van der Waals surface area contributed by atoms with Crippen LogP contribution in [0.1, 0.15) is 19.3 Å². The van der Waals surface area contributed by atoms with E-state index in [1.54, 1.807) is 0 Å². The lowest BCUT2D eigenvalue weighted by molar-refractivity contribution is -0.141. The van der Waals surface area contributed by atoms with Gasteiger partial charge in [0.2, 0.25) is 0 Å². The molecule has 1 saturated carbocycles. The number of thioether (sulfide) groups is 1. The fourth-order valence-electron chi connectivity index (χ4n) is 1.68. The molecular weight excluding hydrogens is 288 g/mol. The SMILES string of the molecule is COC(=O)CC1(CSc2nc(OC)ncc2Cl)CC1. The highest BCUT2D eigenvalue weighted by atomic mass is 35.5. The first-order chi connectivity index (χ1) is 9.08. The van der Waals surface area contributed by atoms with Gasteiger partial charge in [0.15, 0.2) is 0 Å². The van der Waals surface area contributed by atoms with Crippen LogP contribution < -0.4 is 4.74 Å². The van der Waals surface area contributed by atoms with Crippen LogP contribution in [0.25, 0.3) is 0 Å². The molecule has 1 aliphatic rings. The molecule has 19 heavy (non-hydrogen) atoms. The van der Waals surface area contributed by atoms with Gasteiger partial charge in [0.1, 0.15) is 5.03 Å². The highest BCUT2D eigenvalue weighted by Crippen LogP contribution is 2.52. The van der Waals surface area contributed by atoms with Gasteiger partial charge in [0, 0.05) is 5.75 Å². The molecule has 0 aromatic carbocycles. The van der Waals surface area contributed by atoms with Crippen molar-refractivity contribution >= 4 is 29.3 Å². The predicted molar refractivity (Wildman–Crippen MR) is 72.6 cm³/mol. The second-order valence-electron chi connectivity index (χ2n) is 4.55. The van der Waals surface area contributed by atoms with Gasteiger partial charge >= 0.3 is 12.0 Å². The fourth-order valence-corrected chi connectivity index (χ4v) is 3.11. The largest absolute Gasteiger partial charge is 0.469 e. The Morgan fingerprint density at radius 3 is 2.84 bits per heavy atom. The Balaban J connectivity index is 1.97. The molecule has 0 radical (unpaired) electrons. The molecule has 7 heteroatoms. The zero-order chi connectivity index (χ0) is 13.9. The van der Waals surface area contributed by atoms with Gasteiger partial charge in [0.25, 0.3) is 0 Å². The standard InChI is InChI=1S/C12H15ClN2O3S/c1-17-9(16)5-12(3-4-12)7-19-10-8(13)6-14-11(15-10)18-2/h6H,3-5,7H2,1-2H3. The van der Waals surface area contributed by atoms with Crippen LogP contribution in [-0.4, -0.2) is 35.9 Å². The Morgan fingerprint density at radius 1 is 1.53 bits per heavy atom. The van der Waals surface area contributed by atoms with Crippen LogP contribution in [0.5, 0.6) is 6.01 Å². The number of aromatic nitrogens is 2. The Hall–Kier alpha value is -1.01. The van der Waals surface area contributed by atoms with Crippen LogP contribution in [-0.2, 0) is 9.53 Å². The Bertz CT molecular complexity index is 480. The van der Waals surface area contributed by atoms with Gasteiger partial charge in [-0.2, -0.15) is 4.98 Å². The normalized spacial score (nSPS) is 15.9. The van der Waals surface area contributed by atoms with Gasteiger partial charge in [-0.3, -0.25) is 4.79 Å². The Kier molecular flexibility index (Phi) is 4.52. The summed E-state index contributed by atoms with van der Waals surface area (Å²) in [6.45, 7) is 0. The summed E-state index contributed by atoms with van der Waals surface area (Å²) in [5.41, 5.74) is 0.0409. The second-order valence-corrected chi connectivity index (χ2v) is 5.92. The van der Waals surface area contributed by atoms with E-state index in [1.807, 2.05) is 0 Å². The molecule has 1 heterocycles. The van der Waals surface area contributed by atoms with E-state index < -0.39 is 0 Å².